The van der Waals surface area contributed by atoms with Crippen LogP contribution in [0.1, 0.15) is 53.7 Å². The Morgan fingerprint density at radius 3 is 2.16 bits per heavy atom. The number of hydrogen-bond donors (Lipinski definition) is 1. The van der Waals surface area contributed by atoms with E-state index >= 15 is 0 Å². The summed E-state index contributed by atoms with van der Waals surface area (Å²) in [6.07, 6.45) is -2.44. The molecule has 0 radical (unpaired) electrons. The Bertz CT molecular complexity index is 1510. The number of carboxylic acids is 1. The van der Waals surface area contributed by atoms with E-state index in [1.807, 2.05) is 29.6 Å². The molecule has 0 saturated carbocycles. The van der Waals surface area contributed by atoms with Crippen LogP contribution >= 0.6 is 11.3 Å². The molecule has 2 heterocycles. The summed E-state index contributed by atoms with van der Waals surface area (Å²) in [5, 5.41) is 12.1. The highest BCUT2D eigenvalue weighted by molar-refractivity contribution is 7.14. The van der Waals surface area contributed by atoms with E-state index in [-0.39, 0.29) is 11.6 Å². The van der Waals surface area contributed by atoms with Gasteiger partial charge >= 0.3 is 12.1 Å². The highest BCUT2D eigenvalue weighted by Crippen LogP contribution is 2.33. The quantitative estimate of drug-likeness (QED) is 0.181. The number of halogens is 3. The van der Waals surface area contributed by atoms with Crippen LogP contribution < -0.4 is 9.80 Å². The number of aromatic carboxylic acids is 1. The SMILES string of the molecule is CC(C)N(Cc1ccc(C(=O)O)cc1)c1nc(-c2ccc(N(Cc3ccc(C(F)(F)F)cc3)CC3CCOCC3)cc2)cs1. The van der Waals surface area contributed by atoms with Crippen LogP contribution in [-0.2, 0) is 24.0 Å². The van der Waals surface area contributed by atoms with Crippen LogP contribution in [0.25, 0.3) is 11.3 Å². The lowest BCUT2D eigenvalue weighted by molar-refractivity contribution is -0.137. The second-order valence-electron chi connectivity index (χ2n) is 11.4. The fraction of sp³-hybridized carbons (Fsp3) is 0.353. The minimum atomic E-state index is -4.36. The molecule has 0 bridgehead atoms. The normalized spacial score (nSPS) is 14.1. The third-order valence-corrected chi connectivity index (χ3v) is 8.80. The van der Waals surface area contributed by atoms with Crippen molar-refractivity contribution >= 4 is 28.1 Å². The first-order chi connectivity index (χ1) is 21.1. The molecule has 0 spiro atoms. The summed E-state index contributed by atoms with van der Waals surface area (Å²) in [4.78, 5) is 20.6. The Labute approximate surface area is 259 Å². The topological polar surface area (TPSA) is 65.9 Å². The zero-order chi connectivity index (χ0) is 31.3. The van der Waals surface area contributed by atoms with E-state index in [0.29, 0.717) is 19.0 Å². The number of aromatic nitrogens is 1. The molecule has 1 saturated heterocycles. The Kier molecular flexibility index (Phi) is 9.90. The van der Waals surface area contributed by atoms with Crippen molar-refractivity contribution in [2.75, 3.05) is 29.6 Å². The Hall–Kier alpha value is -3.89. The molecule has 6 nitrogen and oxygen atoms in total. The van der Waals surface area contributed by atoms with Crippen molar-refractivity contribution < 1.29 is 27.8 Å². The van der Waals surface area contributed by atoms with Gasteiger partial charge in [-0.25, -0.2) is 9.78 Å². The van der Waals surface area contributed by atoms with Crippen molar-refractivity contribution in [2.45, 2.75) is 52.0 Å². The molecule has 10 heteroatoms. The van der Waals surface area contributed by atoms with Gasteiger partial charge in [0, 0.05) is 55.5 Å². The number of nitrogens with zero attached hydrogens (tertiary/aromatic N) is 3. The molecule has 1 N–H and O–H groups in total. The zero-order valence-corrected chi connectivity index (χ0v) is 25.6. The van der Waals surface area contributed by atoms with Crippen LogP contribution in [0, 0.1) is 5.92 Å². The van der Waals surface area contributed by atoms with Gasteiger partial charge in [-0.3, -0.25) is 0 Å². The lowest BCUT2D eigenvalue weighted by Crippen LogP contribution is -2.32. The third kappa shape index (κ3) is 7.98. The number of hydrogen-bond acceptors (Lipinski definition) is 6. The van der Waals surface area contributed by atoms with Crippen molar-refractivity contribution in [3.63, 3.8) is 0 Å². The molecule has 1 aliphatic heterocycles. The second-order valence-corrected chi connectivity index (χ2v) is 12.3. The minimum absolute atomic E-state index is 0.180. The Balaban J connectivity index is 1.32. The van der Waals surface area contributed by atoms with Gasteiger partial charge in [-0.2, -0.15) is 13.2 Å². The van der Waals surface area contributed by atoms with E-state index in [2.05, 4.69) is 35.8 Å². The van der Waals surface area contributed by atoms with Crippen LogP contribution in [0.2, 0.25) is 0 Å². The lowest BCUT2D eigenvalue weighted by atomic mass is 9.98. The molecule has 5 rings (SSSR count). The smallest absolute Gasteiger partial charge is 0.416 e. The first-order valence-electron chi connectivity index (χ1n) is 14.7. The number of ether oxygens (including phenoxy) is 1. The van der Waals surface area contributed by atoms with Crippen molar-refractivity contribution in [3.05, 3.63) is 100 Å². The zero-order valence-electron chi connectivity index (χ0n) is 24.8. The van der Waals surface area contributed by atoms with E-state index in [0.717, 1.165) is 77.9 Å². The fourth-order valence-electron chi connectivity index (χ4n) is 5.31. The van der Waals surface area contributed by atoms with E-state index < -0.39 is 17.7 Å². The molecule has 1 aliphatic rings. The molecule has 1 aromatic heterocycles. The highest BCUT2D eigenvalue weighted by atomic mass is 32.1. The summed E-state index contributed by atoms with van der Waals surface area (Å²) in [7, 11) is 0. The number of benzene rings is 3. The van der Waals surface area contributed by atoms with E-state index in [1.54, 1.807) is 35.6 Å². The molecule has 0 aliphatic carbocycles. The maximum atomic E-state index is 13.1. The van der Waals surface area contributed by atoms with Gasteiger partial charge < -0.3 is 19.6 Å². The number of rotatable bonds is 11. The molecule has 0 amide bonds. The molecule has 0 atom stereocenters. The standard InChI is InChI=1S/C34H36F3N3O3S/c1-23(2)40(21-25-3-7-28(8-4-25)32(41)42)33-38-31(22-44-33)27-9-13-30(14-10-27)39(20-26-15-17-43-18-16-26)19-24-5-11-29(12-6-24)34(35,36)37/h3-14,22-23,26H,15-21H2,1-2H3,(H,41,42). The monoisotopic (exact) mass is 623 g/mol. The summed E-state index contributed by atoms with van der Waals surface area (Å²) in [5.41, 5.74) is 4.29. The number of carboxylic acid groups (broad SMARTS) is 1. The number of carbonyl (C=O) groups is 1. The van der Waals surface area contributed by atoms with Crippen LogP contribution in [0.5, 0.6) is 0 Å². The first kappa shape index (κ1) is 31.5. The average Bonchev–Trinajstić information content (AvgIpc) is 3.50. The number of anilines is 2. The minimum Gasteiger partial charge on any atom is -0.478 e. The molecule has 0 unspecified atom stereocenters. The van der Waals surface area contributed by atoms with Crippen molar-refractivity contribution in [1.82, 2.24) is 4.98 Å². The fourth-order valence-corrected chi connectivity index (χ4v) is 6.28. The number of thiazole rings is 1. The van der Waals surface area contributed by atoms with Gasteiger partial charge in [-0.15, -0.1) is 11.3 Å². The van der Waals surface area contributed by atoms with E-state index in [9.17, 15) is 23.1 Å². The molecule has 3 aromatic carbocycles. The highest BCUT2D eigenvalue weighted by Gasteiger charge is 2.30. The Morgan fingerprint density at radius 1 is 0.955 bits per heavy atom. The lowest BCUT2D eigenvalue weighted by Gasteiger charge is -2.31. The summed E-state index contributed by atoms with van der Waals surface area (Å²) < 4.78 is 44.9. The predicted molar refractivity (Wildman–Crippen MR) is 168 cm³/mol. The molecule has 232 valence electrons. The number of alkyl halides is 3. The van der Waals surface area contributed by atoms with Crippen molar-refractivity contribution in [1.29, 1.82) is 0 Å². The van der Waals surface area contributed by atoms with Gasteiger partial charge in [0.1, 0.15) is 0 Å². The van der Waals surface area contributed by atoms with Crippen LogP contribution in [0.4, 0.5) is 24.0 Å². The predicted octanol–water partition coefficient (Wildman–Crippen LogP) is 8.38. The van der Waals surface area contributed by atoms with Gasteiger partial charge in [-0.05, 0) is 80.1 Å². The van der Waals surface area contributed by atoms with Crippen LogP contribution in [0.15, 0.2) is 78.2 Å². The van der Waals surface area contributed by atoms with Gasteiger partial charge in [0.15, 0.2) is 5.13 Å². The summed E-state index contributed by atoms with van der Waals surface area (Å²) in [6.45, 7) is 7.56. The molecular weight excluding hydrogens is 587 g/mol. The Morgan fingerprint density at radius 2 is 1.57 bits per heavy atom. The summed E-state index contributed by atoms with van der Waals surface area (Å²) in [5.74, 6) is -0.500. The summed E-state index contributed by atoms with van der Waals surface area (Å²) in [6, 6.07) is 20.7. The second kappa shape index (κ2) is 13.8. The van der Waals surface area contributed by atoms with Crippen LogP contribution in [-0.4, -0.2) is 41.9 Å². The maximum Gasteiger partial charge on any atom is 0.416 e. The maximum absolute atomic E-state index is 13.1. The van der Waals surface area contributed by atoms with Gasteiger partial charge in [0.25, 0.3) is 0 Å². The largest absolute Gasteiger partial charge is 0.478 e. The first-order valence-corrected chi connectivity index (χ1v) is 15.6. The van der Waals surface area contributed by atoms with Crippen molar-refractivity contribution in [3.8, 4) is 11.3 Å². The van der Waals surface area contributed by atoms with Crippen LogP contribution in [0.3, 0.4) is 0 Å². The molecule has 1 fully saturated rings. The van der Waals surface area contributed by atoms with Crippen molar-refractivity contribution in [2.24, 2.45) is 5.92 Å². The third-order valence-electron chi connectivity index (χ3n) is 7.92. The summed E-state index contributed by atoms with van der Waals surface area (Å²) >= 11 is 1.56. The molecule has 44 heavy (non-hydrogen) atoms. The average molecular weight is 624 g/mol. The van der Waals surface area contributed by atoms with E-state index in [1.165, 1.54) is 0 Å². The van der Waals surface area contributed by atoms with Gasteiger partial charge in [0.2, 0.25) is 0 Å². The van der Waals surface area contributed by atoms with E-state index in [4.69, 9.17) is 9.72 Å². The van der Waals surface area contributed by atoms with Gasteiger partial charge in [-0.1, -0.05) is 36.4 Å². The van der Waals surface area contributed by atoms with Gasteiger partial charge in [0.05, 0.1) is 16.8 Å². The molecular formula is C34H36F3N3O3S. The molecule has 4 aromatic rings.